The first-order chi connectivity index (χ1) is 18.3. The third-order valence-corrected chi connectivity index (χ3v) is 7.62. The van der Waals surface area contributed by atoms with Crippen LogP contribution in [0.2, 0.25) is 0 Å². The van der Waals surface area contributed by atoms with Gasteiger partial charge in [-0.3, -0.25) is 9.36 Å². The maximum atomic E-state index is 14.0. The fourth-order valence-electron chi connectivity index (χ4n) is 4.94. The van der Waals surface area contributed by atoms with E-state index in [9.17, 15) is 9.59 Å². The maximum absolute atomic E-state index is 14.0. The van der Waals surface area contributed by atoms with Crippen LogP contribution in [0.3, 0.4) is 0 Å². The van der Waals surface area contributed by atoms with Gasteiger partial charge in [0.25, 0.3) is 5.56 Å². The summed E-state index contributed by atoms with van der Waals surface area (Å²) in [6.45, 7) is 10.5. The van der Waals surface area contributed by atoms with Gasteiger partial charge in [0.1, 0.15) is 5.75 Å². The Morgan fingerprint density at radius 2 is 1.84 bits per heavy atom. The first-order valence-electron chi connectivity index (χ1n) is 12.9. The van der Waals surface area contributed by atoms with Gasteiger partial charge in [0.05, 0.1) is 35.1 Å². The van der Waals surface area contributed by atoms with Crippen LogP contribution in [0, 0.1) is 0 Å². The zero-order valence-corrected chi connectivity index (χ0v) is 23.0. The van der Waals surface area contributed by atoms with Gasteiger partial charge >= 0.3 is 5.97 Å². The molecule has 2 aromatic heterocycles. The smallest absolute Gasteiger partial charge is 0.338 e. The van der Waals surface area contributed by atoms with E-state index >= 15 is 0 Å². The van der Waals surface area contributed by atoms with Crippen LogP contribution < -0.4 is 19.6 Å². The predicted octanol–water partition coefficient (Wildman–Crippen LogP) is 4.73. The van der Waals surface area contributed by atoms with Crippen molar-refractivity contribution in [1.82, 2.24) is 9.13 Å². The SMILES string of the molecule is CCOC(=O)C1=C(C)N=c2s/c(=C\c3cn(C(C)C)c4ccccc34)c(=O)n2[C@H]1c1ccc(OCC)cc1. The molecule has 5 rings (SSSR count). The largest absolute Gasteiger partial charge is 0.494 e. The number of esters is 1. The molecule has 8 heteroatoms. The molecular formula is C30H31N3O4S. The second-order valence-electron chi connectivity index (χ2n) is 9.41. The van der Waals surface area contributed by atoms with Crippen molar-refractivity contribution in [2.24, 2.45) is 4.99 Å². The van der Waals surface area contributed by atoms with Crippen molar-refractivity contribution in [1.29, 1.82) is 0 Å². The molecule has 0 bridgehead atoms. The van der Waals surface area contributed by atoms with E-state index < -0.39 is 12.0 Å². The molecule has 0 fully saturated rings. The summed E-state index contributed by atoms with van der Waals surface area (Å²) in [5, 5.41) is 1.08. The Kier molecular flexibility index (Phi) is 7.08. The standard InChI is InChI=1S/C30H31N3O4S/c1-6-36-22-14-12-20(13-15-22)27-26(29(35)37-7-2)19(5)31-30-33(27)28(34)25(38-30)16-21-17-32(18(3)4)24-11-9-8-10-23(21)24/h8-18,27H,6-7H2,1-5H3/b25-16-/t27-/m0/s1. The quantitative estimate of drug-likeness (QED) is 0.325. The van der Waals surface area contributed by atoms with E-state index in [2.05, 4.69) is 41.7 Å². The van der Waals surface area contributed by atoms with Crippen LogP contribution in [0.25, 0.3) is 17.0 Å². The Bertz CT molecular complexity index is 1720. The molecule has 0 unspecified atom stereocenters. The number of aromatic nitrogens is 2. The zero-order chi connectivity index (χ0) is 27.0. The van der Waals surface area contributed by atoms with E-state index in [1.807, 2.05) is 49.4 Å². The van der Waals surface area contributed by atoms with E-state index in [1.165, 1.54) is 11.3 Å². The monoisotopic (exact) mass is 529 g/mol. The molecule has 4 aromatic rings. The maximum Gasteiger partial charge on any atom is 0.338 e. The molecule has 0 spiro atoms. The number of carbonyl (C=O) groups is 1. The van der Waals surface area contributed by atoms with Crippen LogP contribution in [0.15, 0.2) is 75.8 Å². The fourth-order valence-corrected chi connectivity index (χ4v) is 5.97. The van der Waals surface area contributed by atoms with E-state index in [0.29, 0.717) is 27.2 Å². The van der Waals surface area contributed by atoms with Crippen LogP contribution in [0.1, 0.15) is 57.8 Å². The molecule has 0 aliphatic carbocycles. The number of hydrogen-bond donors (Lipinski definition) is 0. The molecule has 0 N–H and O–H groups in total. The number of rotatable bonds is 7. The van der Waals surface area contributed by atoms with Gasteiger partial charge in [0.15, 0.2) is 4.80 Å². The van der Waals surface area contributed by atoms with Crippen LogP contribution in [0.5, 0.6) is 5.75 Å². The minimum absolute atomic E-state index is 0.191. The molecule has 1 aliphatic rings. The number of benzene rings is 2. The second kappa shape index (κ2) is 10.5. The van der Waals surface area contributed by atoms with Crippen molar-refractivity contribution in [3.05, 3.63) is 96.8 Å². The summed E-state index contributed by atoms with van der Waals surface area (Å²) in [5.41, 5.74) is 3.60. The molecule has 0 saturated heterocycles. The third-order valence-electron chi connectivity index (χ3n) is 6.64. The number of nitrogens with zero attached hydrogens (tertiary/aromatic N) is 3. The van der Waals surface area contributed by atoms with E-state index in [0.717, 1.165) is 27.8 Å². The molecule has 2 aromatic carbocycles. The minimum Gasteiger partial charge on any atom is -0.494 e. The Balaban J connectivity index is 1.72. The van der Waals surface area contributed by atoms with Gasteiger partial charge < -0.3 is 14.0 Å². The summed E-state index contributed by atoms with van der Waals surface area (Å²) >= 11 is 1.33. The highest BCUT2D eigenvalue weighted by Crippen LogP contribution is 2.32. The first-order valence-corrected chi connectivity index (χ1v) is 13.7. The molecular weight excluding hydrogens is 498 g/mol. The summed E-state index contributed by atoms with van der Waals surface area (Å²) in [6.07, 6.45) is 4.02. The molecule has 0 amide bonds. The van der Waals surface area contributed by atoms with Crippen LogP contribution in [-0.4, -0.2) is 28.3 Å². The zero-order valence-electron chi connectivity index (χ0n) is 22.2. The fraction of sp³-hybridized carbons (Fsp3) is 0.300. The van der Waals surface area contributed by atoms with Gasteiger partial charge in [0.2, 0.25) is 0 Å². The van der Waals surface area contributed by atoms with Crippen LogP contribution >= 0.6 is 11.3 Å². The molecule has 196 valence electrons. The van der Waals surface area contributed by atoms with Gasteiger partial charge in [-0.1, -0.05) is 41.7 Å². The summed E-state index contributed by atoms with van der Waals surface area (Å²) < 4.78 is 15.4. The number of ether oxygens (including phenoxy) is 2. The summed E-state index contributed by atoms with van der Waals surface area (Å²) in [7, 11) is 0. The van der Waals surface area contributed by atoms with Crippen molar-refractivity contribution in [2.75, 3.05) is 13.2 Å². The Labute approximate surface area is 225 Å². The third kappa shape index (κ3) is 4.49. The van der Waals surface area contributed by atoms with Crippen LogP contribution in [0.4, 0.5) is 0 Å². The normalized spacial score (nSPS) is 15.6. The lowest BCUT2D eigenvalue weighted by molar-refractivity contribution is -0.139. The van der Waals surface area contributed by atoms with Crippen molar-refractivity contribution < 1.29 is 14.3 Å². The van der Waals surface area contributed by atoms with E-state index in [4.69, 9.17) is 9.47 Å². The van der Waals surface area contributed by atoms with Crippen LogP contribution in [-0.2, 0) is 9.53 Å². The molecule has 3 heterocycles. The second-order valence-corrected chi connectivity index (χ2v) is 10.4. The summed E-state index contributed by atoms with van der Waals surface area (Å²) in [4.78, 5) is 32.3. The number of para-hydroxylation sites is 1. The van der Waals surface area contributed by atoms with E-state index in [-0.39, 0.29) is 18.2 Å². The number of allylic oxidation sites excluding steroid dienone is 1. The summed E-state index contributed by atoms with van der Waals surface area (Å²) in [5.74, 6) is 0.255. The van der Waals surface area contributed by atoms with Gasteiger partial charge in [-0.2, -0.15) is 0 Å². The summed E-state index contributed by atoms with van der Waals surface area (Å²) in [6, 6.07) is 15.3. The highest BCUT2D eigenvalue weighted by atomic mass is 32.1. The number of carbonyl (C=O) groups excluding carboxylic acids is 1. The molecule has 0 radical (unpaired) electrons. The van der Waals surface area contributed by atoms with Crippen molar-refractivity contribution in [2.45, 2.75) is 46.7 Å². The Morgan fingerprint density at radius 1 is 1.11 bits per heavy atom. The number of thiazole rings is 1. The van der Waals surface area contributed by atoms with Gasteiger partial charge in [-0.25, -0.2) is 9.79 Å². The van der Waals surface area contributed by atoms with E-state index in [1.54, 1.807) is 18.4 Å². The highest BCUT2D eigenvalue weighted by Gasteiger charge is 2.33. The lowest BCUT2D eigenvalue weighted by Gasteiger charge is -2.24. The van der Waals surface area contributed by atoms with Gasteiger partial charge in [-0.15, -0.1) is 0 Å². The molecule has 38 heavy (non-hydrogen) atoms. The molecule has 7 nitrogen and oxygen atoms in total. The first kappa shape index (κ1) is 25.7. The lowest BCUT2D eigenvalue weighted by Crippen LogP contribution is -2.39. The number of fused-ring (bicyclic) bond motifs is 2. The molecule has 1 aliphatic heterocycles. The van der Waals surface area contributed by atoms with Crippen molar-refractivity contribution in [3.63, 3.8) is 0 Å². The predicted molar refractivity (Wildman–Crippen MR) is 150 cm³/mol. The average Bonchev–Trinajstić information content (AvgIpc) is 3.42. The highest BCUT2D eigenvalue weighted by molar-refractivity contribution is 7.07. The number of hydrogen-bond acceptors (Lipinski definition) is 6. The average molecular weight is 530 g/mol. The Hall–Kier alpha value is -3.91. The molecule has 0 saturated carbocycles. The Morgan fingerprint density at radius 3 is 2.53 bits per heavy atom. The van der Waals surface area contributed by atoms with Crippen molar-refractivity contribution >= 4 is 34.3 Å². The minimum atomic E-state index is -0.653. The lowest BCUT2D eigenvalue weighted by atomic mass is 9.96. The topological polar surface area (TPSA) is 74.8 Å². The molecule has 1 atom stereocenters. The van der Waals surface area contributed by atoms with Gasteiger partial charge in [-0.05, 0) is 64.5 Å². The van der Waals surface area contributed by atoms with Crippen molar-refractivity contribution in [3.8, 4) is 5.75 Å². The van der Waals surface area contributed by atoms with Gasteiger partial charge in [0, 0.05) is 28.7 Å².